The Bertz CT molecular complexity index is 946. The molecule has 0 aliphatic rings. The van der Waals surface area contributed by atoms with Gasteiger partial charge in [-0.05, 0) is 26.1 Å². The van der Waals surface area contributed by atoms with Crippen LogP contribution >= 0.6 is 42.7 Å². The number of carbonyl (C=O) groups is 3. The Morgan fingerprint density at radius 3 is 1.04 bits per heavy atom. The summed E-state index contributed by atoms with van der Waals surface area (Å²) < 4.78 is 0. The molecule has 0 fully saturated rings. The second-order valence-electron chi connectivity index (χ2n) is 5.82. The van der Waals surface area contributed by atoms with Crippen molar-refractivity contribution in [3.63, 3.8) is 0 Å². The van der Waals surface area contributed by atoms with Crippen molar-refractivity contribution >= 4 is 77.5 Å². The van der Waals surface area contributed by atoms with Crippen molar-refractivity contribution in [3.05, 3.63) is 86.4 Å². The van der Waals surface area contributed by atoms with E-state index >= 15 is 0 Å². The molecule has 3 aromatic rings. The third-order valence-corrected chi connectivity index (χ3v) is 7.99. The quantitative estimate of drug-likeness (QED) is 0.400. The fourth-order valence-electron chi connectivity index (χ4n) is 2.72. The fourth-order valence-corrected chi connectivity index (χ4v) is 6.33. The first-order valence-electron chi connectivity index (χ1n) is 8.03. The molecule has 0 N–H and O–H groups in total. The van der Waals surface area contributed by atoms with Gasteiger partial charge in [-0.25, -0.2) is 0 Å². The van der Waals surface area contributed by atoms with Crippen molar-refractivity contribution in [2.75, 3.05) is 0 Å². The van der Waals surface area contributed by atoms with E-state index in [-0.39, 0.29) is 0 Å². The van der Waals surface area contributed by atoms with Crippen LogP contribution < -0.4 is 15.9 Å². The third-order valence-electron chi connectivity index (χ3n) is 4.05. The molecule has 0 heterocycles. The van der Waals surface area contributed by atoms with Crippen LogP contribution in [0.25, 0.3) is 0 Å². The zero-order chi connectivity index (χ0) is 20.3. The number of aldehydes is 3. The highest BCUT2D eigenvalue weighted by atomic mass is 35.5. The van der Waals surface area contributed by atoms with Gasteiger partial charge < -0.3 is 0 Å². The van der Waals surface area contributed by atoms with Crippen LogP contribution in [-0.4, -0.2) is 18.9 Å². The molecular weight excluding hydrogens is 438 g/mol. The van der Waals surface area contributed by atoms with Crippen molar-refractivity contribution in [3.8, 4) is 0 Å². The molecule has 3 aromatic carbocycles. The van der Waals surface area contributed by atoms with Gasteiger partial charge in [0.05, 0.1) is 0 Å². The summed E-state index contributed by atoms with van der Waals surface area (Å²) in [4.78, 5) is 33.2. The smallest absolute Gasteiger partial charge is 0.150 e. The van der Waals surface area contributed by atoms with E-state index in [1.165, 1.54) is 0 Å². The number of hydrogen-bond donors (Lipinski definition) is 0. The molecule has 3 nitrogen and oxygen atoms in total. The first-order chi connectivity index (χ1) is 13.5. The van der Waals surface area contributed by atoms with Gasteiger partial charge in [0.1, 0.15) is 18.9 Å². The zero-order valence-electron chi connectivity index (χ0n) is 14.2. The van der Waals surface area contributed by atoms with Gasteiger partial charge in [0.25, 0.3) is 0 Å². The monoisotopic (exact) mass is 448 g/mol. The maximum atomic E-state index is 11.1. The summed E-state index contributed by atoms with van der Waals surface area (Å²) in [6.45, 7) is 0. The number of benzene rings is 3. The number of rotatable bonds is 6. The Morgan fingerprint density at radius 1 is 0.536 bits per heavy atom. The number of halogens is 3. The lowest BCUT2D eigenvalue weighted by Crippen LogP contribution is -2.23. The molecule has 0 radical (unpaired) electrons. The second-order valence-corrected chi connectivity index (χ2v) is 9.16. The van der Waals surface area contributed by atoms with Crippen LogP contribution in [0, 0.1) is 0 Å². The van der Waals surface area contributed by atoms with Gasteiger partial charge in [-0.3, -0.25) is 14.4 Å². The molecule has 0 aliphatic heterocycles. The minimum atomic E-state index is -1.30. The number of hydrogen-bond acceptors (Lipinski definition) is 3. The van der Waals surface area contributed by atoms with E-state index in [2.05, 4.69) is 0 Å². The molecule has 140 valence electrons. The van der Waals surface area contributed by atoms with E-state index < -0.39 is 7.92 Å². The predicted molar refractivity (Wildman–Crippen MR) is 116 cm³/mol. The van der Waals surface area contributed by atoms with E-state index in [4.69, 9.17) is 34.8 Å². The van der Waals surface area contributed by atoms with Crippen molar-refractivity contribution in [2.24, 2.45) is 0 Å². The van der Waals surface area contributed by atoms with Gasteiger partial charge >= 0.3 is 0 Å². The Kier molecular flexibility index (Phi) is 6.64. The average molecular weight is 450 g/mol. The standard InChI is InChI=1S/C21H12Cl3O3P/c22-16-7-13(10-25)1-4-19(16)28(20-5-2-14(11-26)8-17(20)23)21-6-3-15(12-27)9-18(21)24/h1-12H. The lowest BCUT2D eigenvalue weighted by Gasteiger charge is -2.23. The van der Waals surface area contributed by atoms with Crippen molar-refractivity contribution in [2.45, 2.75) is 0 Å². The van der Waals surface area contributed by atoms with E-state index in [0.29, 0.717) is 31.8 Å². The van der Waals surface area contributed by atoms with Gasteiger partial charge in [-0.2, -0.15) is 0 Å². The topological polar surface area (TPSA) is 51.2 Å². The van der Waals surface area contributed by atoms with Crippen LogP contribution in [0.15, 0.2) is 54.6 Å². The molecule has 3 rings (SSSR count). The molecular formula is C21H12Cl3O3P. The van der Waals surface area contributed by atoms with E-state index in [9.17, 15) is 14.4 Å². The number of carbonyl (C=O) groups excluding carboxylic acids is 3. The average Bonchev–Trinajstić information content (AvgIpc) is 2.70. The molecule has 0 unspecified atom stereocenters. The van der Waals surface area contributed by atoms with Crippen LogP contribution in [0.3, 0.4) is 0 Å². The highest BCUT2D eigenvalue weighted by Crippen LogP contribution is 2.40. The zero-order valence-corrected chi connectivity index (χ0v) is 17.4. The van der Waals surface area contributed by atoms with Gasteiger partial charge in [0.15, 0.2) is 0 Å². The predicted octanol–water partition coefficient (Wildman–Crippen LogP) is 4.84. The molecule has 0 saturated carbocycles. The normalized spacial score (nSPS) is 10.7. The summed E-state index contributed by atoms with van der Waals surface area (Å²) >= 11 is 19.4. The summed E-state index contributed by atoms with van der Waals surface area (Å²) in [7, 11) is -1.30. The fraction of sp³-hybridized carbons (Fsp3) is 0. The molecule has 0 spiro atoms. The third kappa shape index (κ3) is 4.19. The Balaban J connectivity index is 2.27. The minimum Gasteiger partial charge on any atom is -0.298 e. The maximum Gasteiger partial charge on any atom is 0.150 e. The van der Waals surface area contributed by atoms with Crippen LogP contribution in [0.4, 0.5) is 0 Å². The lowest BCUT2D eigenvalue weighted by atomic mass is 10.2. The summed E-state index contributed by atoms with van der Waals surface area (Å²) in [5.41, 5.74) is 1.36. The Hall–Kier alpha value is -2.03. The van der Waals surface area contributed by atoms with Gasteiger partial charge in [-0.15, -0.1) is 0 Å². The summed E-state index contributed by atoms with van der Waals surface area (Å²) in [6, 6.07) is 15.1. The molecule has 0 atom stereocenters. The second kappa shape index (κ2) is 8.98. The Labute approximate surface area is 178 Å². The first-order valence-corrected chi connectivity index (χ1v) is 10.5. The van der Waals surface area contributed by atoms with Crippen LogP contribution in [0.2, 0.25) is 15.1 Å². The molecule has 0 aliphatic carbocycles. The van der Waals surface area contributed by atoms with Crippen LogP contribution in [0.1, 0.15) is 31.1 Å². The van der Waals surface area contributed by atoms with E-state index in [1.54, 1.807) is 54.6 Å². The molecule has 0 bridgehead atoms. The molecule has 7 heteroatoms. The van der Waals surface area contributed by atoms with Crippen LogP contribution in [0.5, 0.6) is 0 Å². The van der Waals surface area contributed by atoms with Crippen molar-refractivity contribution in [1.82, 2.24) is 0 Å². The van der Waals surface area contributed by atoms with E-state index in [1.807, 2.05) is 0 Å². The van der Waals surface area contributed by atoms with E-state index in [0.717, 1.165) is 34.8 Å². The van der Waals surface area contributed by atoms with Gasteiger partial charge in [-0.1, -0.05) is 71.2 Å². The van der Waals surface area contributed by atoms with Crippen molar-refractivity contribution < 1.29 is 14.4 Å². The molecule has 0 aromatic heterocycles. The van der Waals surface area contributed by atoms with Gasteiger partial charge in [0, 0.05) is 47.7 Å². The SMILES string of the molecule is O=Cc1ccc(P(c2ccc(C=O)cc2Cl)c2ccc(C=O)cc2Cl)c(Cl)c1. The van der Waals surface area contributed by atoms with Crippen LogP contribution in [-0.2, 0) is 0 Å². The summed E-state index contributed by atoms with van der Waals surface area (Å²) in [6.07, 6.45) is 2.15. The highest BCUT2D eigenvalue weighted by molar-refractivity contribution is 7.80. The Morgan fingerprint density at radius 2 is 0.821 bits per heavy atom. The summed E-state index contributed by atoms with van der Waals surface area (Å²) in [5.74, 6) is 0. The summed E-state index contributed by atoms with van der Waals surface area (Å²) in [5, 5.41) is 3.47. The lowest BCUT2D eigenvalue weighted by molar-refractivity contribution is 0.111. The molecule has 28 heavy (non-hydrogen) atoms. The molecule has 0 amide bonds. The highest BCUT2D eigenvalue weighted by Gasteiger charge is 2.24. The largest absolute Gasteiger partial charge is 0.298 e. The minimum absolute atomic E-state index is 0.404. The maximum absolute atomic E-state index is 11.1. The van der Waals surface area contributed by atoms with Crippen molar-refractivity contribution in [1.29, 1.82) is 0 Å². The first kappa shape index (κ1) is 20.7. The molecule has 0 saturated heterocycles. The van der Waals surface area contributed by atoms with Gasteiger partial charge in [0.2, 0.25) is 0 Å².